The number of rotatable bonds is 58. The predicted octanol–water partition coefficient (Wildman–Crippen LogP) is 19.2. The van der Waals surface area contributed by atoms with Crippen LogP contribution in [0.3, 0.4) is 0 Å². The van der Waals surface area contributed by atoms with Crippen LogP contribution in [0, 0.1) is 0 Å². The van der Waals surface area contributed by atoms with Gasteiger partial charge in [-0.2, -0.15) is 0 Å². The van der Waals surface area contributed by atoms with E-state index in [1.165, 1.54) is 257 Å². The Balaban J connectivity index is 3.73. The Hall–Kier alpha value is -1.02. The molecule has 0 aliphatic heterocycles. The smallest absolute Gasteiger partial charge is 0.387 e. The van der Waals surface area contributed by atoms with Crippen LogP contribution in [0.1, 0.15) is 316 Å². The van der Waals surface area contributed by atoms with Crippen molar-refractivity contribution in [2.75, 3.05) is 40.9 Å². The number of hydrogen-bond donors (Lipinski definition) is 3. The van der Waals surface area contributed by atoms with Gasteiger partial charge in [0.2, 0.25) is 5.91 Å². The first kappa shape index (κ1) is 70.0. The predicted molar refractivity (Wildman–Crippen MR) is 309 cm³/mol. The maximum Gasteiger partial charge on any atom is 0.472 e. The SMILES string of the molecule is CCCCC/C=C/CC/C=C/C(O)C(COP(=O)(O)OCC[N+](C)(C)C)NC(=O)CCCCCCCCCCCCCCCCCCCCCCCCCCCCCCCCCCCCCCCCCC. The summed E-state index contributed by atoms with van der Waals surface area (Å²) in [5.74, 6) is -0.184. The van der Waals surface area contributed by atoms with Crippen molar-refractivity contribution in [3.63, 3.8) is 0 Å². The van der Waals surface area contributed by atoms with Gasteiger partial charge in [-0.3, -0.25) is 13.8 Å². The minimum Gasteiger partial charge on any atom is -0.387 e. The van der Waals surface area contributed by atoms with E-state index in [1.807, 2.05) is 27.2 Å². The number of hydrogen-bond acceptors (Lipinski definition) is 5. The number of amides is 1. The van der Waals surface area contributed by atoms with E-state index in [0.717, 1.165) is 38.5 Å². The largest absolute Gasteiger partial charge is 0.472 e. The number of quaternary nitrogens is 1. The summed E-state index contributed by atoms with van der Waals surface area (Å²) in [5, 5.41) is 13.8. The van der Waals surface area contributed by atoms with Crippen molar-refractivity contribution in [1.82, 2.24) is 5.32 Å². The highest BCUT2D eigenvalue weighted by Crippen LogP contribution is 2.43. The van der Waals surface area contributed by atoms with Crippen molar-refractivity contribution in [2.24, 2.45) is 0 Å². The van der Waals surface area contributed by atoms with E-state index < -0.39 is 20.0 Å². The highest BCUT2D eigenvalue weighted by atomic mass is 31.2. The summed E-state index contributed by atoms with van der Waals surface area (Å²) >= 11 is 0. The zero-order chi connectivity index (χ0) is 52.0. The molecule has 0 aliphatic rings. The molecule has 0 radical (unpaired) electrons. The third kappa shape index (κ3) is 56.5. The summed E-state index contributed by atoms with van der Waals surface area (Å²) in [5.41, 5.74) is 0. The molecule has 0 aromatic rings. The van der Waals surface area contributed by atoms with Gasteiger partial charge in [0.15, 0.2) is 0 Å². The summed E-state index contributed by atoms with van der Waals surface area (Å²) in [6, 6.07) is -0.858. The van der Waals surface area contributed by atoms with Crippen LogP contribution in [0.2, 0.25) is 0 Å². The van der Waals surface area contributed by atoms with Crippen LogP contribution in [0.4, 0.5) is 0 Å². The van der Waals surface area contributed by atoms with Gasteiger partial charge in [0.1, 0.15) is 13.2 Å². The Morgan fingerprint density at radius 2 is 0.775 bits per heavy atom. The molecular weight excluding hydrogens is 900 g/mol. The molecule has 0 saturated carbocycles. The van der Waals surface area contributed by atoms with Gasteiger partial charge in [-0.15, -0.1) is 0 Å². The number of nitrogens with one attached hydrogen (secondary N) is 1. The molecule has 0 fully saturated rings. The molecule has 71 heavy (non-hydrogen) atoms. The lowest BCUT2D eigenvalue weighted by atomic mass is 10.0. The molecule has 0 saturated heterocycles. The van der Waals surface area contributed by atoms with E-state index in [9.17, 15) is 19.4 Å². The lowest BCUT2D eigenvalue weighted by molar-refractivity contribution is -0.870. The molecule has 0 aliphatic carbocycles. The van der Waals surface area contributed by atoms with Crippen molar-refractivity contribution >= 4 is 13.7 Å². The molecule has 0 spiro atoms. The van der Waals surface area contributed by atoms with Gasteiger partial charge in [-0.25, -0.2) is 4.57 Å². The van der Waals surface area contributed by atoms with Crippen molar-refractivity contribution in [3.8, 4) is 0 Å². The van der Waals surface area contributed by atoms with E-state index in [0.29, 0.717) is 17.4 Å². The van der Waals surface area contributed by atoms with Gasteiger partial charge in [-0.05, 0) is 32.1 Å². The fourth-order valence-corrected chi connectivity index (χ4v) is 10.3. The molecule has 0 aromatic carbocycles. The van der Waals surface area contributed by atoms with Gasteiger partial charge in [0.05, 0.1) is 39.9 Å². The Bertz CT molecular complexity index is 1210. The summed E-state index contributed by atoms with van der Waals surface area (Å²) in [6.45, 7) is 4.77. The second kappa shape index (κ2) is 53.8. The van der Waals surface area contributed by atoms with Crippen LogP contribution < -0.4 is 5.32 Å². The average molecular weight is 1020 g/mol. The number of phosphoric acid groups is 1. The van der Waals surface area contributed by atoms with E-state index >= 15 is 0 Å². The number of nitrogens with zero attached hydrogens (tertiary/aromatic N) is 1. The second-order valence-corrected chi connectivity index (χ2v) is 24.2. The normalized spacial score (nSPS) is 14.0. The summed E-state index contributed by atoms with van der Waals surface area (Å²) in [7, 11) is 1.56. The molecule has 9 heteroatoms. The summed E-state index contributed by atoms with van der Waals surface area (Å²) < 4.78 is 23.6. The first-order valence-electron chi connectivity index (χ1n) is 31.2. The minimum atomic E-state index is -4.34. The highest BCUT2D eigenvalue weighted by Gasteiger charge is 2.27. The van der Waals surface area contributed by atoms with Crippen molar-refractivity contribution in [2.45, 2.75) is 328 Å². The van der Waals surface area contributed by atoms with Crippen LogP contribution in [0.15, 0.2) is 24.3 Å². The molecule has 3 unspecified atom stereocenters. The molecular formula is C62H124N2O6P+. The van der Waals surface area contributed by atoms with Crippen LogP contribution >= 0.6 is 7.82 Å². The van der Waals surface area contributed by atoms with E-state index in [2.05, 4.69) is 31.3 Å². The van der Waals surface area contributed by atoms with E-state index in [4.69, 9.17) is 9.05 Å². The average Bonchev–Trinajstić information content (AvgIpc) is 3.33. The number of aliphatic hydroxyl groups excluding tert-OH is 1. The number of aliphatic hydroxyl groups is 1. The zero-order valence-corrected chi connectivity index (χ0v) is 49.1. The van der Waals surface area contributed by atoms with E-state index in [1.54, 1.807) is 6.08 Å². The zero-order valence-electron chi connectivity index (χ0n) is 48.2. The minimum absolute atomic E-state index is 0.0581. The first-order chi connectivity index (χ1) is 34.5. The monoisotopic (exact) mass is 1020 g/mol. The lowest BCUT2D eigenvalue weighted by Gasteiger charge is -2.25. The maximum atomic E-state index is 12.9. The molecule has 0 heterocycles. The number of carbonyl (C=O) groups is 1. The van der Waals surface area contributed by atoms with Gasteiger partial charge in [0, 0.05) is 6.42 Å². The Morgan fingerprint density at radius 3 is 1.13 bits per heavy atom. The van der Waals surface area contributed by atoms with Crippen molar-refractivity contribution < 1.29 is 32.9 Å². The Kier molecular flexibility index (Phi) is 53.0. The second-order valence-electron chi connectivity index (χ2n) is 22.8. The summed E-state index contributed by atoms with van der Waals surface area (Å²) in [6.07, 6.45) is 69.3. The molecule has 8 nitrogen and oxygen atoms in total. The fourth-order valence-electron chi connectivity index (χ4n) is 9.53. The van der Waals surface area contributed by atoms with Crippen LogP contribution in [-0.2, 0) is 18.4 Å². The Labute approximate surface area is 443 Å². The number of phosphoric ester groups is 1. The first-order valence-corrected chi connectivity index (χ1v) is 32.7. The van der Waals surface area contributed by atoms with Crippen LogP contribution in [0.25, 0.3) is 0 Å². The van der Waals surface area contributed by atoms with Crippen LogP contribution in [-0.4, -0.2) is 73.4 Å². The lowest BCUT2D eigenvalue weighted by Crippen LogP contribution is -2.45. The molecule has 0 bridgehead atoms. The van der Waals surface area contributed by atoms with Crippen molar-refractivity contribution in [3.05, 3.63) is 24.3 Å². The molecule has 0 aromatic heterocycles. The molecule has 0 rings (SSSR count). The number of carbonyl (C=O) groups excluding carboxylic acids is 1. The van der Waals surface area contributed by atoms with E-state index in [-0.39, 0.29) is 19.1 Å². The molecule has 1 amide bonds. The number of likely N-dealkylation sites (N-methyl/N-ethyl adjacent to an activating group) is 1. The third-order valence-corrected chi connectivity index (χ3v) is 15.4. The van der Waals surface area contributed by atoms with Crippen molar-refractivity contribution in [1.29, 1.82) is 0 Å². The quantitative estimate of drug-likeness (QED) is 0.0243. The summed E-state index contributed by atoms with van der Waals surface area (Å²) in [4.78, 5) is 23.2. The highest BCUT2D eigenvalue weighted by molar-refractivity contribution is 7.47. The Morgan fingerprint density at radius 1 is 0.465 bits per heavy atom. The fraction of sp³-hybridized carbons (Fsp3) is 0.919. The molecule has 422 valence electrons. The maximum absolute atomic E-state index is 12.9. The van der Waals surface area contributed by atoms with Gasteiger partial charge < -0.3 is 19.8 Å². The van der Waals surface area contributed by atoms with Gasteiger partial charge in [0.25, 0.3) is 0 Å². The number of unbranched alkanes of at least 4 members (excludes halogenated alkanes) is 43. The molecule has 3 N–H and O–H groups in total. The topological polar surface area (TPSA) is 105 Å². The standard InChI is InChI=1S/C62H123N2O6P/c1-6-8-10-12-14-16-17-18-19-20-21-22-23-24-25-26-27-28-29-30-31-32-33-34-35-36-37-38-39-40-41-42-43-44-45-46-48-50-52-54-56-62(66)63-60(59-70-71(67,68)69-58-57-64(3,4)5)61(65)55-53-51-49-47-15-13-11-9-7-2/h15,47,53,55,60-61,65H,6-14,16-46,48-52,54,56-59H2,1-5H3,(H-,63,66,67,68)/p+1/b47-15+,55-53+. The third-order valence-electron chi connectivity index (χ3n) is 14.4. The molecule has 3 atom stereocenters. The van der Waals surface area contributed by atoms with Gasteiger partial charge in [-0.1, -0.05) is 301 Å². The van der Waals surface area contributed by atoms with Gasteiger partial charge >= 0.3 is 7.82 Å². The van der Waals surface area contributed by atoms with Crippen LogP contribution in [0.5, 0.6) is 0 Å². The number of allylic oxidation sites excluding steroid dienone is 3.